The van der Waals surface area contributed by atoms with Crippen LogP contribution in [0.15, 0.2) is 78.9 Å². The van der Waals surface area contributed by atoms with E-state index in [9.17, 15) is 31.5 Å². The maximum absolute atomic E-state index is 13.2. The van der Waals surface area contributed by atoms with Crippen molar-refractivity contribution in [2.24, 2.45) is 0 Å². The maximum atomic E-state index is 13.2. The maximum Gasteiger partial charge on any atom is 0.573 e. The van der Waals surface area contributed by atoms with Gasteiger partial charge in [-0.15, -0.1) is 13.2 Å². The fraction of sp³-hybridized carbons (Fsp3) is 0.345. The van der Waals surface area contributed by atoms with E-state index in [0.717, 1.165) is 9.87 Å². The number of nitrogens with one attached hydrogen (secondary N) is 2. The molecule has 3 aromatic carbocycles. The summed E-state index contributed by atoms with van der Waals surface area (Å²) in [4.78, 5) is 13.2. The van der Waals surface area contributed by atoms with Crippen molar-refractivity contribution in [3.8, 4) is 5.75 Å². The number of ether oxygens (including phenoxy) is 1. The zero-order valence-corrected chi connectivity index (χ0v) is 23.6. The Hall–Kier alpha value is -3.61. The summed E-state index contributed by atoms with van der Waals surface area (Å²) >= 11 is 0. The molecule has 0 saturated heterocycles. The zero-order chi connectivity index (χ0) is 30.0. The first-order valence-corrected chi connectivity index (χ1v) is 14.6. The van der Waals surface area contributed by atoms with E-state index in [2.05, 4.69) is 15.4 Å². The average Bonchev–Trinajstić information content (AvgIpc) is 2.92. The first kappa shape index (κ1) is 31.9. The van der Waals surface area contributed by atoms with Crippen LogP contribution in [0.4, 0.5) is 18.9 Å². The van der Waals surface area contributed by atoms with Crippen LogP contribution in [-0.2, 0) is 23.0 Å². The molecule has 0 heterocycles. The van der Waals surface area contributed by atoms with E-state index < -0.39 is 34.4 Å². The van der Waals surface area contributed by atoms with Gasteiger partial charge in [-0.2, -0.15) is 0 Å². The Morgan fingerprint density at radius 1 is 1.00 bits per heavy atom. The Balaban J connectivity index is 1.71. The monoisotopic (exact) mass is 593 g/mol. The number of aliphatic hydroxyl groups is 1. The summed E-state index contributed by atoms with van der Waals surface area (Å²) in [7, 11) is -2.11. The lowest BCUT2D eigenvalue weighted by molar-refractivity contribution is -0.274. The number of benzene rings is 3. The van der Waals surface area contributed by atoms with Crippen molar-refractivity contribution in [3.63, 3.8) is 0 Å². The van der Waals surface area contributed by atoms with Crippen molar-refractivity contribution in [1.82, 2.24) is 10.6 Å². The van der Waals surface area contributed by atoms with E-state index in [1.807, 2.05) is 30.3 Å². The van der Waals surface area contributed by atoms with Crippen LogP contribution < -0.4 is 19.7 Å². The number of sulfonamides is 1. The minimum absolute atomic E-state index is 0.0280. The number of nitrogens with zero attached hydrogens (tertiary/aromatic N) is 1. The molecular weight excluding hydrogens is 559 g/mol. The number of rotatable bonds is 14. The molecule has 222 valence electrons. The molecule has 0 aliphatic heterocycles. The Bertz CT molecular complexity index is 1390. The number of halogens is 3. The number of carbonyl (C=O) groups excluding carboxylic acids is 1. The number of carbonyl (C=O) groups is 1. The van der Waals surface area contributed by atoms with Crippen LogP contribution in [0.3, 0.4) is 0 Å². The van der Waals surface area contributed by atoms with Gasteiger partial charge in [-0.05, 0) is 54.3 Å². The summed E-state index contributed by atoms with van der Waals surface area (Å²) in [5.74, 6) is -0.871. The standard InChI is InChI=1S/C29H34F3N3O5S/c1-3-15-41(38,39)35(2)24-13-8-12-23(18-24)28(37)34-26(17-21-9-5-4-6-10-21)27(36)20-33-19-22-11-7-14-25(16-22)40-29(30,31)32/h4-14,16,18,26-27,33,36H,3,15,17,19-20H2,1-2H3,(H,34,37). The van der Waals surface area contributed by atoms with E-state index in [4.69, 9.17) is 0 Å². The number of aliphatic hydroxyl groups excluding tert-OH is 1. The van der Waals surface area contributed by atoms with E-state index >= 15 is 0 Å². The van der Waals surface area contributed by atoms with Crippen LogP contribution >= 0.6 is 0 Å². The van der Waals surface area contributed by atoms with Gasteiger partial charge in [0.1, 0.15) is 5.75 Å². The fourth-order valence-corrected chi connectivity index (χ4v) is 5.39. The molecule has 0 saturated carbocycles. The Morgan fingerprint density at radius 2 is 1.68 bits per heavy atom. The van der Waals surface area contributed by atoms with Gasteiger partial charge in [0.2, 0.25) is 10.0 Å². The van der Waals surface area contributed by atoms with Crippen LogP contribution in [0.5, 0.6) is 5.75 Å². The van der Waals surface area contributed by atoms with Crippen molar-refractivity contribution in [1.29, 1.82) is 0 Å². The van der Waals surface area contributed by atoms with E-state index in [1.54, 1.807) is 31.2 Å². The summed E-state index contributed by atoms with van der Waals surface area (Å²) in [6, 6.07) is 20.2. The summed E-state index contributed by atoms with van der Waals surface area (Å²) in [6.45, 7) is 1.95. The molecule has 3 N–H and O–H groups in total. The SMILES string of the molecule is CCCS(=O)(=O)N(C)c1cccc(C(=O)NC(Cc2ccccc2)C(O)CNCc2cccc(OC(F)(F)F)c2)c1. The smallest absolute Gasteiger partial charge is 0.406 e. The summed E-state index contributed by atoms with van der Waals surface area (Å²) in [5, 5.41) is 16.9. The topological polar surface area (TPSA) is 108 Å². The van der Waals surface area contributed by atoms with Gasteiger partial charge in [-0.25, -0.2) is 8.42 Å². The highest BCUT2D eigenvalue weighted by atomic mass is 32.2. The molecule has 3 rings (SSSR count). The second-order valence-corrected chi connectivity index (χ2v) is 11.6. The van der Waals surface area contributed by atoms with Gasteiger partial charge >= 0.3 is 6.36 Å². The molecule has 0 spiro atoms. The van der Waals surface area contributed by atoms with Crippen LogP contribution in [-0.4, -0.2) is 57.3 Å². The first-order valence-electron chi connectivity index (χ1n) is 13.0. The third kappa shape index (κ3) is 10.1. The highest BCUT2D eigenvalue weighted by molar-refractivity contribution is 7.92. The van der Waals surface area contributed by atoms with Crippen molar-refractivity contribution in [3.05, 3.63) is 95.6 Å². The van der Waals surface area contributed by atoms with Gasteiger partial charge in [0.25, 0.3) is 5.91 Å². The fourth-order valence-electron chi connectivity index (χ4n) is 4.16. The lowest BCUT2D eigenvalue weighted by Crippen LogP contribution is -2.48. The molecule has 2 atom stereocenters. The highest BCUT2D eigenvalue weighted by Crippen LogP contribution is 2.23. The van der Waals surface area contributed by atoms with Crippen molar-refractivity contribution >= 4 is 21.6 Å². The molecule has 2 unspecified atom stereocenters. The van der Waals surface area contributed by atoms with Gasteiger partial charge in [-0.1, -0.05) is 55.5 Å². The molecule has 8 nitrogen and oxygen atoms in total. The predicted molar refractivity (Wildman–Crippen MR) is 151 cm³/mol. The van der Waals surface area contributed by atoms with Crippen LogP contribution in [0.2, 0.25) is 0 Å². The second-order valence-electron chi connectivity index (χ2n) is 9.50. The summed E-state index contributed by atoms with van der Waals surface area (Å²) in [6.07, 6.45) is -5.12. The molecule has 3 aromatic rings. The van der Waals surface area contributed by atoms with Gasteiger partial charge < -0.3 is 20.5 Å². The van der Waals surface area contributed by atoms with Gasteiger partial charge in [0.15, 0.2) is 0 Å². The van der Waals surface area contributed by atoms with Crippen molar-refractivity contribution < 1.29 is 36.2 Å². The largest absolute Gasteiger partial charge is 0.573 e. The predicted octanol–water partition coefficient (Wildman–Crippen LogP) is 4.25. The molecule has 12 heteroatoms. The minimum atomic E-state index is -4.80. The number of hydrogen-bond donors (Lipinski definition) is 3. The first-order chi connectivity index (χ1) is 19.4. The molecule has 41 heavy (non-hydrogen) atoms. The summed E-state index contributed by atoms with van der Waals surface area (Å²) < 4.78 is 67.7. The molecule has 0 radical (unpaired) electrons. The highest BCUT2D eigenvalue weighted by Gasteiger charge is 2.31. The minimum Gasteiger partial charge on any atom is -0.406 e. The van der Waals surface area contributed by atoms with Crippen molar-refractivity contribution in [2.75, 3.05) is 23.7 Å². The van der Waals surface area contributed by atoms with Gasteiger partial charge in [0, 0.05) is 25.7 Å². The normalized spacial score (nSPS) is 13.3. The van der Waals surface area contributed by atoms with E-state index in [0.29, 0.717) is 24.1 Å². The Kier molecular flexibility index (Phi) is 11.2. The number of hydrogen-bond acceptors (Lipinski definition) is 6. The number of alkyl halides is 3. The quantitative estimate of drug-likeness (QED) is 0.258. The van der Waals surface area contributed by atoms with Crippen LogP contribution in [0, 0.1) is 0 Å². The molecule has 0 aliphatic carbocycles. The third-order valence-electron chi connectivity index (χ3n) is 6.25. The van der Waals surface area contributed by atoms with E-state index in [1.165, 1.54) is 31.3 Å². The molecular formula is C29H34F3N3O5S. The molecule has 0 bridgehead atoms. The molecule has 0 aliphatic rings. The summed E-state index contributed by atoms with van der Waals surface area (Å²) in [5.41, 5.74) is 1.94. The molecule has 1 amide bonds. The Morgan fingerprint density at radius 3 is 2.37 bits per heavy atom. The van der Waals surface area contributed by atoms with Crippen LogP contribution in [0.1, 0.15) is 34.8 Å². The second kappa shape index (κ2) is 14.3. The van der Waals surface area contributed by atoms with Gasteiger partial charge in [0.05, 0.1) is 23.6 Å². The molecule has 0 aromatic heterocycles. The third-order valence-corrected chi connectivity index (χ3v) is 8.21. The lowest BCUT2D eigenvalue weighted by atomic mass is 10.00. The van der Waals surface area contributed by atoms with Crippen molar-refractivity contribution in [2.45, 2.75) is 44.8 Å². The average molecular weight is 594 g/mol. The van der Waals surface area contributed by atoms with Gasteiger partial charge in [-0.3, -0.25) is 9.10 Å². The molecule has 0 fully saturated rings. The number of amides is 1. The number of anilines is 1. The lowest BCUT2D eigenvalue weighted by Gasteiger charge is -2.25. The van der Waals surface area contributed by atoms with Crippen LogP contribution in [0.25, 0.3) is 0 Å². The Labute approximate surface area is 238 Å². The zero-order valence-electron chi connectivity index (χ0n) is 22.8. The van der Waals surface area contributed by atoms with E-state index in [-0.39, 0.29) is 30.2 Å².